The molecule has 94 valence electrons. The Balaban J connectivity index is 2.05. The quantitative estimate of drug-likeness (QED) is 0.864. The van der Waals surface area contributed by atoms with Crippen molar-refractivity contribution < 1.29 is 19.1 Å². The Bertz CT molecular complexity index is 401. The molecule has 1 fully saturated rings. The molecule has 0 spiro atoms. The van der Waals surface area contributed by atoms with Gasteiger partial charge in [-0.3, -0.25) is 4.90 Å². The van der Waals surface area contributed by atoms with Gasteiger partial charge in [0.2, 0.25) is 0 Å². The highest BCUT2D eigenvalue weighted by Gasteiger charge is 2.29. The van der Waals surface area contributed by atoms with Gasteiger partial charge in [0.15, 0.2) is 0 Å². The summed E-state index contributed by atoms with van der Waals surface area (Å²) in [6.45, 7) is 3.29. The third kappa shape index (κ3) is 2.50. The summed E-state index contributed by atoms with van der Waals surface area (Å²) in [6.07, 6.45) is 2.57. The highest BCUT2D eigenvalue weighted by atomic mass is 16.5. The van der Waals surface area contributed by atoms with Crippen LogP contribution in [-0.4, -0.2) is 41.8 Å². The zero-order valence-electron chi connectivity index (χ0n) is 10.0. The molecule has 0 aromatic carbocycles. The van der Waals surface area contributed by atoms with Crippen molar-refractivity contribution in [3.8, 4) is 0 Å². The van der Waals surface area contributed by atoms with Gasteiger partial charge in [0.25, 0.3) is 0 Å². The van der Waals surface area contributed by atoms with E-state index >= 15 is 0 Å². The first-order valence-electron chi connectivity index (χ1n) is 5.71. The van der Waals surface area contributed by atoms with Gasteiger partial charge in [0.05, 0.1) is 18.9 Å². The van der Waals surface area contributed by atoms with Crippen LogP contribution >= 0.6 is 0 Å². The maximum Gasteiger partial charge on any atom is 0.339 e. The van der Waals surface area contributed by atoms with Crippen LogP contribution in [0.25, 0.3) is 0 Å². The molecule has 2 unspecified atom stereocenters. The molecule has 1 N–H and O–H groups in total. The lowest BCUT2D eigenvalue weighted by molar-refractivity contribution is 0.0685. The van der Waals surface area contributed by atoms with E-state index in [0.29, 0.717) is 18.3 Å². The largest absolute Gasteiger partial charge is 0.478 e. The molecule has 2 rings (SSSR count). The molecule has 1 aromatic heterocycles. The first kappa shape index (κ1) is 12.1. The van der Waals surface area contributed by atoms with Crippen LogP contribution in [0.1, 0.15) is 29.5 Å². The Kier molecular flexibility index (Phi) is 3.49. The lowest BCUT2D eigenvalue weighted by Gasteiger charge is -2.25. The fourth-order valence-electron chi connectivity index (χ4n) is 2.30. The summed E-state index contributed by atoms with van der Waals surface area (Å²) < 4.78 is 10.7. The maximum atomic E-state index is 10.9. The van der Waals surface area contributed by atoms with Gasteiger partial charge in [-0.1, -0.05) is 0 Å². The first-order chi connectivity index (χ1) is 8.09. The van der Waals surface area contributed by atoms with Crippen molar-refractivity contribution in [2.24, 2.45) is 0 Å². The van der Waals surface area contributed by atoms with E-state index < -0.39 is 5.97 Å². The minimum Gasteiger partial charge on any atom is -0.478 e. The van der Waals surface area contributed by atoms with Gasteiger partial charge in [-0.05, 0) is 26.5 Å². The second-order valence-electron chi connectivity index (χ2n) is 4.41. The summed E-state index contributed by atoms with van der Waals surface area (Å²) >= 11 is 0. The van der Waals surface area contributed by atoms with Crippen molar-refractivity contribution in [3.05, 3.63) is 23.7 Å². The average molecular weight is 239 g/mol. The smallest absolute Gasteiger partial charge is 0.339 e. The van der Waals surface area contributed by atoms with Crippen LogP contribution in [0.4, 0.5) is 0 Å². The number of carbonyl (C=O) groups is 1. The number of carboxylic acid groups (broad SMARTS) is 1. The molecule has 1 aromatic rings. The number of likely N-dealkylation sites (N-methyl/N-ethyl adjacent to an activating group) is 1. The number of ether oxygens (including phenoxy) is 1. The van der Waals surface area contributed by atoms with Crippen molar-refractivity contribution in [2.75, 3.05) is 13.7 Å². The van der Waals surface area contributed by atoms with Crippen LogP contribution in [-0.2, 0) is 11.3 Å². The standard InChI is InChI=1S/C12H17NO4/c1-8-10(4-6-16-8)13(2)7-11-9(12(14)15)3-5-17-11/h3,5,8,10H,4,6-7H2,1-2H3,(H,14,15). The number of rotatable bonds is 4. The van der Waals surface area contributed by atoms with E-state index in [1.165, 1.54) is 12.3 Å². The van der Waals surface area contributed by atoms with Gasteiger partial charge >= 0.3 is 5.97 Å². The predicted molar refractivity (Wildman–Crippen MR) is 61.0 cm³/mol. The van der Waals surface area contributed by atoms with Crippen LogP contribution < -0.4 is 0 Å². The summed E-state index contributed by atoms with van der Waals surface area (Å²) in [7, 11) is 1.96. The second-order valence-corrected chi connectivity index (χ2v) is 4.41. The summed E-state index contributed by atoms with van der Waals surface area (Å²) in [5.41, 5.74) is 0.239. The van der Waals surface area contributed by atoms with E-state index in [2.05, 4.69) is 4.90 Å². The van der Waals surface area contributed by atoms with E-state index in [-0.39, 0.29) is 11.7 Å². The summed E-state index contributed by atoms with van der Waals surface area (Å²) in [5, 5.41) is 8.98. The van der Waals surface area contributed by atoms with Gasteiger partial charge in [0.1, 0.15) is 11.3 Å². The Labute approximate surface area is 100.0 Å². The Morgan fingerprint density at radius 3 is 3.00 bits per heavy atom. The topological polar surface area (TPSA) is 62.9 Å². The van der Waals surface area contributed by atoms with E-state index in [1.807, 2.05) is 14.0 Å². The number of aromatic carboxylic acids is 1. The van der Waals surface area contributed by atoms with Crippen LogP contribution in [0.5, 0.6) is 0 Å². The molecular formula is C12H17NO4. The highest BCUT2D eigenvalue weighted by molar-refractivity contribution is 5.88. The predicted octanol–water partition coefficient (Wildman–Crippen LogP) is 1.59. The number of hydrogen-bond acceptors (Lipinski definition) is 4. The normalized spacial score (nSPS) is 24.4. The first-order valence-corrected chi connectivity index (χ1v) is 5.71. The molecule has 5 heteroatoms. The minimum absolute atomic E-state index is 0.184. The van der Waals surface area contributed by atoms with Crippen molar-refractivity contribution in [1.82, 2.24) is 4.90 Å². The minimum atomic E-state index is -0.946. The van der Waals surface area contributed by atoms with Gasteiger partial charge in [-0.25, -0.2) is 4.79 Å². The van der Waals surface area contributed by atoms with Crippen molar-refractivity contribution in [2.45, 2.75) is 32.0 Å². The molecule has 0 amide bonds. The van der Waals surface area contributed by atoms with Crippen LogP contribution in [0.2, 0.25) is 0 Å². The fraction of sp³-hybridized carbons (Fsp3) is 0.583. The Morgan fingerprint density at radius 2 is 2.41 bits per heavy atom. The van der Waals surface area contributed by atoms with Gasteiger partial charge in [-0.2, -0.15) is 0 Å². The zero-order valence-corrected chi connectivity index (χ0v) is 10.0. The van der Waals surface area contributed by atoms with E-state index in [4.69, 9.17) is 14.3 Å². The number of furan rings is 1. The van der Waals surface area contributed by atoms with Crippen molar-refractivity contribution in [1.29, 1.82) is 0 Å². The van der Waals surface area contributed by atoms with Gasteiger partial charge in [0, 0.05) is 12.6 Å². The second kappa shape index (κ2) is 4.89. The molecular weight excluding hydrogens is 222 g/mol. The summed E-state index contributed by atoms with van der Waals surface area (Å²) in [5.74, 6) is -0.447. The molecule has 5 nitrogen and oxygen atoms in total. The monoisotopic (exact) mass is 239 g/mol. The van der Waals surface area contributed by atoms with Crippen LogP contribution in [0, 0.1) is 0 Å². The molecule has 1 aliphatic rings. The molecule has 0 bridgehead atoms. The van der Waals surface area contributed by atoms with E-state index in [9.17, 15) is 4.79 Å². The van der Waals surface area contributed by atoms with E-state index in [1.54, 1.807) is 0 Å². The zero-order chi connectivity index (χ0) is 12.4. The fourth-order valence-corrected chi connectivity index (χ4v) is 2.30. The molecule has 0 aliphatic carbocycles. The summed E-state index contributed by atoms with van der Waals surface area (Å²) in [4.78, 5) is 13.0. The van der Waals surface area contributed by atoms with Crippen LogP contribution in [0.15, 0.2) is 16.7 Å². The number of hydrogen-bond donors (Lipinski definition) is 1. The van der Waals surface area contributed by atoms with Crippen molar-refractivity contribution >= 4 is 5.97 Å². The van der Waals surface area contributed by atoms with Gasteiger partial charge < -0.3 is 14.3 Å². The third-order valence-electron chi connectivity index (χ3n) is 3.27. The number of carboxylic acids is 1. The lowest BCUT2D eigenvalue weighted by Crippen LogP contribution is -2.36. The average Bonchev–Trinajstić information content (AvgIpc) is 2.86. The SMILES string of the molecule is CC1OCCC1N(C)Cc1occc1C(=O)O. The molecule has 17 heavy (non-hydrogen) atoms. The molecule has 0 saturated carbocycles. The Hall–Kier alpha value is -1.33. The molecule has 2 heterocycles. The molecule has 0 radical (unpaired) electrons. The summed E-state index contributed by atoms with van der Waals surface area (Å²) in [6, 6.07) is 1.81. The van der Waals surface area contributed by atoms with Crippen LogP contribution in [0.3, 0.4) is 0 Å². The molecule has 2 atom stereocenters. The maximum absolute atomic E-state index is 10.9. The van der Waals surface area contributed by atoms with E-state index in [0.717, 1.165) is 13.0 Å². The third-order valence-corrected chi connectivity index (χ3v) is 3.27. The molecule has 1 saturated heterocycles. The lowest BCUT2D eigenvalue weighted by atomic mass is 10.1. The highest BCUT2D eigenvalue weighted by Crippen LogP contribution is 2.21. The Morgan fingerprint density at radius 1 is 1.65 bits per heavy atom. The van der Waals surface area contributed by atoms with Gasteiger partial charge in [-0.15, -0.1) is 0 Å². The van der Waals surface area contributed by atoms with Crippen molar-refractivity contribution in [3.63, 3.8) is 0 Å². The molecule has 1 aliphatic heterocycles. The number of nitrogens with zero attached hydrogens (tertiary/aromatic N) is 1.